The Morgan fingerprint density at radius 3 is 2.32 bits per heavy atom. The molecular weight excluding hydrogens is 396 g/mol. The Kier molecular flexibility index (Phi) is 5.31. The zero-order chi connectivity index (χ0) is 22.3. The number of carboxylic acids is 1. The lowest BCUT2D eigenvalue weighted by molar-refractivity contribution is -0.152. The van der Waals surface area contributed by atoms with Crippen LogP contribution >= 0.6 is 0 Å². The molecule has 0 bridgehead atoms. The maximum atomic E-state index is 13.5. The lowest BCUT2D eigenvalue weighted by Crippen LogP contribution is -2.56. The fourth-order valence-electron chi connectivity index (χ4n) is 5.12. The Balaban J connectivity index is 1.81. The molecule has 7 heteroatoms. The normalized spacial score (nSPS) is 27.7. The lowest BCUT2D eigenvalue weighted by Gasteiger charge is -2.32. The van der Waals surface area contributed by atoms with E-state index in [4.69, 9.17) is 0 Å². The molecule has 0 saturated carbocycles. The van der Waals surface area contributed by atoms with Crippen LogP contribution in [0.2, 0.25) is 0 Å². The molecule has 0 aromatic heterocycles. The summed E-state index contributed by atoms with van der Waals surface area (Å²) in [6, 6.07) is 14.9. The number of nitrogens with one attached hydrogen (secondary N) is 1. The summed E-state index contributed by atoms with van der Waals surface area (Å²) in [4.78, 5) is 40.7. The summed E-state index contributed by atoms with van der Waals surface area (Å²) < 4.78 is 0. The molecule has 0 aliphatic carbocycles. The van der Waals surface area contributed by atoms with Gasteiger partial charge in [0.25, 0.3) is 0 Å². The standard InChI is InChI=1S/C24H26N2O5/c1-14(2)12-24(23(30)31)19-18(20(25-24)16-10-6-7-11-17(16)27)21(28)26(22(19)29)13-15-8-4-3-5-9-15/h3-11,14,18-20,25,27H,12-13H2,1-2H3,(H,30,31)/t18-,19-,20-,24+/m1/s1. The van der Waals surface area contributed by atoms with E-state index in [9.17, 15) is 24.6 Å². The summed E-state index contributed by atoms with van der Waals surface area (Å²) in [5, 5.41) is 23.8. The molecular formula is C24H26N2O5. The first kappa shape index (κ1) is 21.1. The number of benzene rings is 2. The molecule has 0 radical (unpaired) electrons. The van der Waals surface area contributed by atoms with Gasteiger partial charge in [-0.25, -0.2) is 0 Å². The highest BCUT2D eigenvalue weighted by atomic mass is 16.4. The molecule has 2 aliphatic heterocycles. The first-order valence-electron chi connectivity index (χ1n) is 10.4. The number of phenols is 1. The van der Waals surface area contributed by atoms with E-state index in [2.05, 4.69) is 5.32 Å². The van der Waals surface area contributed by atoms with Crippen LogP contribution in [-0.2, 0) is 20.9 Å². The number of phenolic OH excluding ortho intramolecular Hbond substituents is 1. The van der Waals surface area contributed by atoms with E-state index >= 15 is 0 Å². The van der Waals surface area contributed by atoms with Gasteiger partial charge in [0, 0.05) is 11.6 Å². The van der Waals surface area contributed by atoms with Crippen molar-refractivity contribution in [2.75, 3.05) is 0 Å². The molecule has 4 atom stereocenters. The summed E-state index contributed by atoms with van der Waals surface area (Å²) in [5.41, 5.74) is -0.377. The number of fused-ring (bicyclic) bond motifs is 1. The van der Waals surface area contributed by atoms with Crippen molar-refractivity contribution in [3.8, 4) is 5.75 Å². The zero-order valence-electron chi connectivity index (χ0n) is 17.5. The molecule has 2 aromatic rings. The summed E-state index contributed by atoms with van der Waals surface area (Å²) in [6.45, 7) is 3.87. The van der Waals surface area contributed by atoms with Crippen LogP contribution in [0.4, 0.5) is 0 Å². The first-order chi connectivity index (χ1) is 14.8. The fourth-order valence-corrected chi connectivity index (χ4v) is 5.12. The second-order valence-electron chi connectivity index (χ2n) is 8.81. The number of carbonyl (C=O) groups is 3. The average molecular weight is 422 g/mol. The summed E-state index contributed by atoms with van der Waals surface area (Å²) >= 11 is 0. The molecule has 2 saturated heterocycles. The number of carboxylic acid groups (broad SMARTS) is 1. The minimum atomic E-state index is -1.59. The van der Waals surface area contributed by atoms with Crippen molar-refractivity contribution < 1.29 is 24.6 Å². The Hall–Kier alpha value is -3.19. The van der Waals surface area contributed by atoms with Crippen LogP contribution in [0.1, 0.15) is 37.4 Å². The molecule has 2 aromatic carbocycles. The third kappa shape index (κ3) is 3.39. The summed E-state index contributed by atoms with van der Waals surface area (Å²) in [7, 11) is 0. The Morgan fingerprint density at radius 1 is 1.06 bits per heavy atom. The Labute approximate surface area is 180 Å². The van der Waals surface area contributed by atoms with Crippen molar-refractivity contribution in [1.82, 2.24) is 10.2 Å². The molecule has 31 heavy (non-hydrogen) atoms. The Bertz CT molecular complexity index is 1020. The number of likely N-dealkylation sites (tertiary alicyclic amines) is 1. The summed E-state index contributed by atoms with van der Waals surface area (Å²) in [5.74, 6) is -4.06. The largest absolute Gasteiger partial charge is 0.508 e. The molecule has 162 valence electrons. The van der Waals surface area contributed by atoms with Crippen molar-refractivity contribution >= 4 is 17.8 Å². The van der Waals surface area contributed by atoms with Crippen molar-refractivity contribution in [2.24, 2.45) is 17.8 Å². The number of aromatic hydroxyl groups is 1. The van der Waals surface area contributed by atoms with Crippen LogP contribution in [0.15, 0.2) is 54.6 Å². The van der Waals surface area contributed by atoms with Gasteiger partial charge in [-0.1, -0.05) is 62.4 Å². The van der Waals surface area contributed by atoms with Crippen molar-refractivity contribution in [3.05, 3.63) is 65.7 Å². The number of hydrogen-bond donors (Lipinski definition) is 3. The monoisotopic (exact) mass is 422 g/mol. The maximum absolute atomic E-state index is 13.5. The van der Waals surface area contributed by atoms with Gasteiger partial charge in [-0.3, -0.25) is 24.6 Å². The molecule has 4 rings (SSSR count). The SMILES string of the molecule is CC(C)C[C@]1(C(=O)O)N[C@H](c2ccccc2O)[C@@H]2C(=O)N(Cc3ccccc3)C(=O)[C@@H]21. The van der Waals surface area contributed by atoms with Gasteiger partial charge in [0.1, 0.15) is 11.3 Å². The zero-order valence-corrected chi connectivity index (χ0v) is 17.5. The molecule has 2 amide bonds. The van der Waals surface area contributed by atoms with Gasteiger partial charge >= 0.3 is 5.97 Å². The molecule has 7 nitrogen and oxygen atoms in total. The summed E-state index contributed by atoms with van der Waals surface area (Å²) in [6.07, 6.45) is 0.186. The quantitative estimate of drug-likeness (QED) is 0.618. The molecule has 2 fully saturated rings. The highest BCUT2D eigenvalue weighted by Gasteiger charge is 2.68. The number of imide groups is 1. The predicted molar refractivity (Wildman–Crippen MR) is 113 cm³/mol. The van der Waals surface area contributed by atoms with Gasteiger partial charge in [0.15, 0.2) is 0 Å². The number of aliphatic carboxylic acids is 1. The van der Waals surface area contributed by atoms with Crippen molar-refractivity contribution in [2.45, 2.75) is 38.4 Å². The van der Waals surface area contributed by atoms with Gasteiger partial charge in [0.05, 0.1) is 18.4 Å². The van der Waals surface area contributed by atoms with E-state index in [1.165, 1.54) is 11.0 Å². The number of rotatable bonds is 6. The third-order valence-electron chi connectivity index (χ3n) is 6.31. The van der Waals surface area contributed by atoms with E-state index in [0.29, 0.717) is 5.56 Å². The van der Waals surface area contributed by atoms with Gasteiger partial charge in [-0.2, -0.15) is 0 Å². The Morgan fingerprint density at radius 2 is 1.71 bits per heavy atom. The van der Waals surface area contributed by atoms with Crippen molar-refractivity contribution in [3.63, 3.8) is 0 Å². The molecule has 2 aliphatic rings. The fraction of sp³-hybridized carbons (Fsp3) is 0.375. The molecule has 3 N–H and O–H groups in total. The second-order valence-corrected chi connectivity index (χ2v) is 8.81. The minimum Gasteiger partial charge on any atom is -0.508 e. The van der Waals surface area contributed by atoms with E-state index in [0.717, 1.165) is 5.56 Å². The molecule has 0 spiro atoms. The van der Waals surface area contributed by atoms with Gasteiger partial charge in [-0.15, -0.1) is 0 Å². The average Bonchev–Trinajstić information content (AvgIpc) is 3.19. The van der Waals surface area contributed by atoms with E-state index in [1.54, 1.807) is 18.2 Å². The van der Waals surface area contributed by atoms with E-state index in [1.807, 2.05) is 44.2 Å². The maximum Gasteiger partial charge on any atom is 0.324 e. The van der Waals surface area contributed by atoms with Gasteiger partial charge in [0.2, 0.25) is 11.8 Å². The minimum absolute atomic E-state index is 0.0292. The van der Waals surface area contributed by atoms with Crippen molar-refractivity contribution in [1.29, 1.82) is 0 Å². The predicted octanol–water partition coefficient (Wildman–Crippen LogP) is 2.71. The highest BCUT2D eigenvalue weighted by molar-refractivity contribution is 6.09. The van der Waals surface area contributed by atoms with Crippen LogP contribution in [0.5, 0.6) is 5.75 Å². The van der Waals surface area contributed by atoms with Gasteiger partial charge < -0.3 is 10.2 Å². The number of hydrogen-bond acceptors (Lipinski definition) is 5. The van der Waals surface area contributed by atoms with Crippen LogP contribution in [0, 0.1) is 17.8 Å². The number of para-hydroxylation sites is 1. The van der Waals surface area contributed by atoms with Crippen LogP contribution in [-0.4, -0.2) is 38.4 Å². The smallest absolute Gasteiger partial charge is 0.324 e. The molecule has 0 unspecified atom stereocenters. The molecule has 2 heterocycles. The van der Waals surface area contributed by atoms with E-state index in [-0.39, 0.29) is 24.6 Å². The second kappa shape index (κ2) is 7.81. The number of amides is 2. The van der Waals surface area contributed by atoms with Crippen LogP contribution < -0.4 is 5.32 Å². The van der Waals surface area contributed by atoms with Crippen LogP contribution in [0.25, 0.3) is 0 Å². The lowest BCUT2D eigenvalue weighted by atomic mass is 9.75. The number of nitrogens with zero attached hydrogens (tertiary/aromatic N) is 1. The first-order valence-corrected chi connectivity index (χ1v) is 10.4. The van der Waals surface area contributed by atoms with Gasteiger partial charge in [-0.05, 0) is 24.0 Å². The third-order valence-corrected chi connectivity index (χ3v) is 6.31. The van der Waals surface area contributed by atoms with Crippen LogP contribution in [0.3, 0.4) is 0 Å². The topological polar surface area (TPSA) is 107 Å². The number of carbonyl (C=O) groups excluding carboxylic acids is 2. The highest BCUT2D eigenvalue weighted by Crippen LogP contribution is 2.52. The van der Waals surface area contributed by atoms with E-state index < -0.39 is 41.2 Å².